The minimum atomic E-state index is -0.426. The lowest BCUT2D eigenvalue weighted by Crippen LogP contribution is -2.31. The maximum absolute atomic E-state index is 13.2. The summed E-state index contributed by atoms with van der Waals surface area (Å²) in [5.41, 5.74) is 2.91. The van der Waals surface area contributed by atoms with E-state index in [1.807, 2.05) is 55.5 Å². The molecular formula is C20H18BrN5O2. The highest BCUT2D eigenvalue weighted by Gasteiger charge is 2.33. The van der Waals surface area contributed by atoms with E-state index in [1.54, 1.807) is 11.8 Å². The molecule has 8 heteroatoms. The van der Waals surface area contributed by atoms with Crippen molar-refractivity contribution in [2.45, 2.75) is 13.0 Å². The molecule has 0 radical (unpaired) electrons. The van der Waals surface area contributed by atoms with Gasteiger partial charge in [0, 0.05) is 11.4 Å². The zero-order valence-electron chi connectivity index (χ0n) is 15.3. The quantitative estimate of drug-likeness (QED) is 0.642. The molecule has 7 nitrogen and oxygen atoms in total. The van der Waals surface area contributed by atoms with Crippen LogP contribution in [-0.2, 0) is 4.79 Å². The fourth-order valence-corrected chi connectivity index (χ4v) is 3.82. The van der Waals surface area contributed by atoms with Crippen molar-refractivity contribution in [2.24, 2.45) is 0 Å². The molecule has 2 heterocycles. The van der Waals surface area contributed by atoms with Gasteiger partial charge in [0.25, 0.3) is 5.91 Å². The van der Waals surface area contributed by atoms with Crippen LogP contribution >= 0.6 is 15.9 Å². The van der Waals surface area contributed by atoms with E-state index in [0.29, 0.717) is 17.3 Å². The summed E-state index contributed by atoms with van der Waals surface area (Å²) in [6.45, 7) is 1.86. The minimum absolute atomic E-state index is 0.200. The van der Waals surface area contributed by atoms with E-state index >= 15 is 0 Å². The third-order valence-corrected chi connectivity index (χ3v) is 5.18. The first-order valence-electron chi connectivity index (χ1n) is 8.65. The molecular weight excluding hydrogens is 422 g/mol. The summed E-state index contributed by atoms with van der Waals surface area (Å²) in [5, 5.41) is 10.5. The summed E-state index contributed by atoms with van der Waals surface area (Å²) in [7, 11) is 1.61. The molecule has 0 fully saturated rings. The number of halogens is 1. The van der Waals surface area contributed by atoms with Gasteiger partial charge in [-0.25, -0.2) is 4.68 Å². The first kappa shape index (κ1) is 18.2. The van der Waals surface area contributed by atoms with Crippen molar-refractivity contribution in [2.75, 3.05) is 17.7 Å². The van der Waals surface area contributed by atoms with Crippen molar-refractivity contribution in [1.82, 2.24) is 14.8 Å². The number of amides is 1. The zero-order chi connectivity index (χ0) is 19.7. The van der Waals surface area contributed by atoms with Gasteiger partial charge in [-0.3, -0.25) is 4.79 Å². The maximum atomic E-state index is 13.2. The number of benzene rings is 2. The monoisotopic (exact) mass is 439 g/mol. The van der Waals surface area contributed by atoms with Gasteiger partial charge in [-0.2, -0.15) is 10.1 Å². The van der Waals surface area contributed by atoms with Crippen molar-refractivity contribution in [1.29, 1.82) is 0 Å². The Bertz CT molecular complexity index is 1060. The molecule has 1 aromatic heterocycles. The highest BCUT2D eigenvalue weighted by atomic mass is 79.9. The Kier molecular flexibility index (Phi) is 4.87. The van der Waals surface area contributed by atoms with Crippen molar-refractivity contribution < 1.29 is 9.53 Å². The van der Waals surface area contributed by atoms with Crippen LogP contribution in [0.5, 0.6) is 5.75 Å². The number of anilines is 2. The molecule has 1 amide bonds. The van der Waals surface area contributed by atoms with E-state index < -0.39 is 6.04 Å². The van der Waals surface area contributed by atoms with Crippen LogP contribution < -0.4 is 15.4 Å². The average molecular weight is 440 g/mol. The van der Waals surface area contributed by atoms with Crippen LogP contribution in [0.3, 0.4) is 0 Å². The number of allylic oxidation sites excluding steroid dienone is 1. The SMILES string of the molecule is COc1ccc([C@@H]2C(C(=O)Nc3ccccc3)=C(C)Nc3ncnn32)cc1Br. The molecule has 0 bridgehead atoms. The Morgan fingerprint density at radius 1 is 1.25 bits per heavy atom. The van der Waals surface area contributed by atoms with Crippen LogP contribution in [0, 0.1) is 0 Å². The first-order chi connectivity index (χ1) is 13.6. The standard InChI is InChI=1S/C20H18BrN5O2/c1-12-17(19(27)25-14-6-4-3-5-7-14)18(26-20(24-12)22-11-23-26)13-8-9-16(28-2)15(21)10-13/h3-11,18H,1-2H3,(H,25,27)(H,22,23,24)/t18-/m1/s1. The van der Waals surface area contributed by atoms with E-state index in [2.05, 4.69) is 36.6 Å². The second kappa shape index (κ2) is 7.47. The fourth-order valence-electron chi connectivity index (χ4n) is 3.27. The number of aromatic nitrogens is 3. The smallest absolute Gasteiger partial charge is 0.255 e. The molecule has 2 aromatic carbocycles. The zero-order valence-corrected chi connectivity index (χ0v) is 16.9. The van der Waals surface area contributed by atoms with Crippen molar-refractivity contribution >= 4 is 33.5 Å². The lowest BCUT2D eigenvalue weighted by atomic mass is 9.95. The predicted molar refractivity (Wildman–Crippen MR) is 110 cm³/mol. The molecule has 2 N–H and O–H groups in total. The largest absolute Gasteiger partial charge is 0.496 e. The van der Waals surface area contributed by atoms with Crippen LogP contribution in [0.25, 0.3) is 0 Å². The Morgan fingerprint density at radius 2 is 2.04 bits per heavy atom. The first-order valence-corrected chi connectivity index (χ1v) is 9.45. The van der Waals surface area contributed by atoms with Crippen molar-refractivity contribution in [3.63, 3.8) is 0 Å². The molecule has 3 aromatic rings. The topological polar surface area (TPSA) is 81.1 Å². The molecule has 0 saturated heterocycles. The molecule has 0 unspecified atom stereocenters. The highest BCUT2D eigenvalue weighted by Crippen LogP contribution is 2.37. The van der Waals surface area contributed by atoms with E-state index in [9.17, 15) is 4.79 Å². The Labute approximate surface area is 170 Å². The molecule has 28 heavy (non-hydrogen) atoms. The van der Waals surface area contributed by atoms with Gasteiger partial charge >= 0.3 is 0 Å². The van der Waals surface area contributed by atoms with Crippen molar-refractivity contribution in [3.8, 4) is 5.75 Å². The molecule has 1 aliphatic heterocycles. The van der Waals surface area contributed by atoms with Gasteiger partial charge in [0.05, 0.1) is 17.2 Å². The van der Waals surface area contributed by atoms with Crippen molar-refractivity contribution in [3.05, 3.63) is 76.2 Å². The maximum Gasteiger partial charge on any atom is 0.255 e. The van der Waals surface area contributed by atoms with E-state index in [4.69, 9.17) is 4.74 Å². The summed E-state index contributed by atoms with van der Waals surface area (Å²) >= 11 is 3.53. The number of nitrogens with zero attached hydrogens (tertiary/aromatic N) is 3. The fraction of sp³-hybridized carbons (Fsp3) is 0.150. The molecule has 0 spiro atoms. The highest BCUT2D eigenvalue weighted by molar-refractivity contribution is 9.10. The molecule has 0 saturated carbocycles. The van der Waals surface area contributed by atoms with Gasteiger partial charge in [0.15, 0.2) is 0 Å². The third kappa shape index (κ3) is 3.27. The van der Waals surface area contributed by atoms with Crippen LogP contribution in [0.2, 0.25) is 0 Å². The third-order valence-electron chi connectivity index (χ3n) is 4.56. The predicted octanol–water partition coefficient (Wildman–Crippen LogP) is 3.98. The molecule has 1 atom stereocenters. The van der Waals surface area contributed by atoms with Gasteiger partial charge in [0.1, 0.15) is 18.1 Å². The molecule has 4 rings (SSSR count). The number of para-hydroxylation sites is 1. The summed E-state index contributed by atoms with van der Waals surface area (Å²) in [6, 6.07) is 14.7. The van der Waals surface area contributed by atoms with Gasteiger partial charge in [-0.05, 0) is 52.7 Å². The second-order valence-electron chi connectivity index (χ2n) is 6.31. The minimum Gasteiger partial charge on any atom is -0.496 e. The summed E-state index contributed by atoms with van der Waals surface area (Å²) in [5.74, 6) is 1.10. The summed E-state index contributed by atoms with van der Waals surface area (Å²) < 4.78 is 7.84. The lowest BCUT2D eigenvalue weighted by Gasteiger charge is -2.29. The normalized spacial score (nSPS) is 15.6. The number of fused-ring (bicyclic) bond motifs is 1. The van der Waals surface area contributed by atoms with Gasteiger partial charge < -0.3 is 15.4 Å². The number of hydrogen-bond acceptors (Lipinski definition) is 5. The Hall–Kier alpha value is -3.13. The summed E-state index contributed by atoms with van der Waals surface area (Å²) in [4.78, 5) is 17.4. The van der Waals surface area contributed by atoms with Crippen LogP contribution in [0.4, 0.5) is 11.6 Å². The number of carbonyl (C=O) groups excluding carboxylic acids is 1. The molecule has 1 aliphatic rings. The lowest BCUT2D eigenvalue weighted by molar-refractivity contribution is -0.113. The number of hydrogen-bond donors (Lipinski definition) is 2. The molecule has 142 valence electrons. The van der Waals surface area contributed by atoms with Gasteiger partial charge in [0.2, 0.25) is 5.95 Å². The number of rotatable bonds is 4. The van der Waals surface area contributed by atoms with E-state index in [0.717, 1.165) is 21.4 Å². The Morgan fingerprint density at radius 3 is 2.75 bits per heavy atom. The number of nitrogens with one attached hydrogen (secondary N) is 2. The Balaban J connectivity index is 1.78. The second-order valence-corrected chi connectivity index (χ2v) is 7.16. The number of ether oxygens (including phenoxy) is 1. The number of methoxy groups -OCH3 is 1. The average Bonchev–Trinajstić information content (AvgIpc) is 3.15. The van der Waals surface area contributed by atoms with E-state index in [1.165, 1.54) is 6.33 Å². The van der Waals surface area contributed by atoms with Crippen LogP contribution in [-0.4, -0.2) is 27.8 Å². The van der Waals surface area contributed by atoms with Gasteiger partial charge in [-0.1, -0.05) is 24.3 Å². The van der Waals surface area contributed by atoms with Crippen LogP contribution in [0.1, 0.15) is 18.5 Å². The number of carbonyl (C=O) groups is 1. The van der Waals surface area contributed by atoms with E-state index in [-0.39, 0.29) is 5.91 Å². The van der Waals surface area contributed by atoms with Crippen LogP contribution in [0.15, 0.2) is 70.6 Å². The van der Waals surface area contributed by atoms with Gasteiger partial charge in [-0.15, -0.1) is 0 Å². The summed E-state index contributed by atoms with van der Waals surface area (Å²) in [6.07, 6.45) is 1.47. The molecule has 0 aliphatic carbocycles.